The summed E-state index contributed by atoms with van der Waals surface area (Å²) in [5.41, 5.74) is 0.861. The van der Waals surface area contributed by atoms with Crippen molar-refractivity contribution in [2.24, 2.45) is 0 Å². The van der Waals surface area contributed by atoms with Crippen LogP contribution < -0.4 is 4.74 Å². The number of esters is 1. The first-order valence-corrected chi connectivity index (χ1v) is 12.2. The van der Waals surface area contributed by atoms with E-state index in [4.69, 9.17) is 9.47 Å². The molecule has 33 heavy (non-hydrogen) atoms. The first kappa shape index (κ1) is 23.4. The zero-order valence-corrected chi connectivity index (χ0v) is 19.4. The van der Waals surface area contributed by atoms with Gasteiger partial charge in [0.1, 0.15) is 22.1 Å². The van der Waals surface area contributed by atoms with E-state index in [1.54, 1.807) is 0 Å². The summed E-state index contributed by atoms with van der Waals surface area (Å²) in [5.74, 6) is 0.129. The Morgan fingerprint density at radius 1 is 1.00 bits per heavy atom. The van der Waals surface area contributed by atoms with Crippen molar-refractivity contribution in [2.45, 2.75) is 51.3 Å². The fourth-order valence-electron chi connectivity index (χ4n) is 4.47. The van der Waals surface area contributed by atoms with Crippen molar-refractivity contribution in [3.63, 3.8) is 0 Å². The molecule has 1 fully saturated rings. The predicted molar refractivity (Wildman–Crippen MR) is 123 cm³/mol. The molecule has 0 amide bonds. The molecule has 1 heterocycles. The van der Waals surface area contributed by atoms with E-state index in [1.165, 1.54) is 17.0 Å². The normalized spacial score (nSPS) is 15.4. The Balaban J connectivity index is 1.46. The summed E-state index contributed by atoms with van der Waals surface area (Å²) in [4.78, 5) is 13.9. The van der Waals surface area contributed by atoms with Gasteiger partial charge < -0.3 is 9.47 Å². The van der Waals surface area contributed by atoms with Crippen LogP contribution in [0.5, 0.6) is 5.75 Å². The van der Waals surface area contributed by atoms with Gasteiger partial charge in [0.2, 0.25) is 0 Å². The van der Waals surface area contributed by atoms with Crippen molar-refractivity contribution >= 4 is 16.4 Å². The first-order chi connectivity index (χ1) is 15.7. The third kappa shape index (κ3) is 5.08. The average molecular weight is 476 g/mol. The number of halogens is 3. The van der Waals surface area contributed by atoms with Gasteiger partial charge in [0.05, 0.1) is 5.56 Å². The molecule has 0 bridgehead atoms. The molecule has 3 nitrogen and oxygen atoms in total. The molecule has 174 valence electrons. The lowest BCUT2D eigenvalue weighted by Crippen LogP contribution is -2.32. The van der Waals surface area contributed by atoms with Crippen LogP contribution in [-0.2, 0) is 21.3 Å². The summed E-state index contributed by atoms with van der Waals surface area (Å²) >= 11 is 0. The van der Waals surface area contributed by atoms with Gasteiger partial charge in [0.25, 0.3) is 0 Å². The van der Waals surface area contributed by atoms with Crippen LogP contribution in [0, 0.1) is 13.8 Å². The second-order valence-corrected chi connectivity index (χ2v) is 10.2. The van der Waals surface area contributed by atoms with Gasteiger partial charge in [-0.05, 0) is 80.5 Å². The highest BCUT2D eigenvalue weighted by molar-refractivity contribution is 7.36. The Hall–Kier alpha value is -2.80. The number of ether oxygens (including phenoxy) is 2. The number of aryl methyl sites for hydroxylation is 2. The van der Waals surface area contributed by atoms with Gasteiger partial charge in [0.15, 0.2) is 11.5 Å². The van der Waals surface area contributed by atoms with Crippen molar-refractivity contribution in [2.75, 3.05) is 6.61 Å². The number of carbonyl (C=O) groups is 1. The number of carbonyl (C=O) groups excluding carboxylic acids is 1. The van der Waals surface area contributed by atoms with Crippen molar-refractivity contribution in [1.82, 2.24) is 0 Å². The molecule has 3 aromatic rings. The first-order valence-electron chi connectivity index (χ1n) is 10.9. The molecule has 0 unspecified atom stereocenters. The molecular weight excluding hydrogens is 449 g/mol. The topological polar surface area (TPSA) is 35.5 Å². The molecule has 0 atom stereocenters. The van der Waals surface area contributed by atoms with Gasteiger partial charge in [0, 0.05) is 22.6 Å². The smallest absolute Gasteiger partial charge is 0.416 e. The highest BCUT2D eigenvalue weighted by Crippen LogP contribution is 2.43. The second kappa shape index (κ2) is 9.21. The number of benzene rings is 2. The molecule has 2 aromatic carbocycles. The van der Waals surface area contributed by atoms with Crippen LogP contribution in [0.3, 0.4) is 0 Å². The van der Waals surface area contributed by atoms with E-state index in [0.29, 0.717) is 24.2 Å². The number of hydrogen-bond donors (Lipinski definition) is 0. The molecule has 0 aliphatic heterocycles. The maximum absolute atomic E-state index is 12.9. The Kier molecular flexibility index (Phi) is 6.52. The van der Waals surface area contributed by atoms with Crippen LogP contribution in [0.15, 0.2) is 59.3 Å². The fraction of sp³-hybridized carbons (Fsp3) is 0.346. The summed E-state index contributed by atoms with van der Waals surface area (Å²) < 4.78 is 50.5. The minimum Gasteiger partial charge on any atom is -0.481 e. The number of hydrogen-bond acceptors (Lipinski definition) is 3. The summed E-state index contributed by atoms with van der Waals surface area (Å²) in [6.07, 6.45) is -1.54. The van der Waals surface area contributed by atoms with E-state index in [2.05, 4.69) is 22.9 Å². The molecular formula is C26H26F3O3S+. The maximum Gasteiger partial charge on any atom is 0.416 e. The summed E-state index contributed by atoms with van der Waals surface area (Å²) in [6.45, 7) is 3.64. The lowest BCUT2D eigenvalue weighted by molar-refractivity contribution is -0.163. The third-order valence-corrected chi connectivity index (χ3v) is 7.74. The summed E-state index contributed by atoms with van der Waals surface area (Å²) in [5, 5.41) is 4.29. The van der Waals surface area contributed by atoms with Gasteiger partial charge in [-0.2, -0.15) is 13.2 Å². The lowest BCUT2D eigenvalue weighted by atomic mass is 9.91. The minimum atomic E-state index is -4.40. The van der Waals surface area contributed by atoms with E-state index in [1.807, 2.05) is 26.0 Å². The third-order valence-electron chi connectivity index (χ3n) is 6.06. The van der Waals surface area contributed by atoms with Gasteiger partial charge >= 0.3 is 12.1 Å². The molecule has 0 N–H and O–H groups in total. The molecule has 1 aromatic heterocycles. The Morgan fingerprint density at radius 2 is 1.58 bits per heavy atom. The highest BCUT2D eigenvalue weighted by Gasteiger charge is 2.40. The van der Waals surface area contributed by atoms with Crippen LogP contribution >= 0.6 is 10.5 Å². The number of thiophene rings is 1. The van der Waals surface area contributed by atoms with Crippen LogP contribution in [0.1, 0.15) is 47.9 Å². The maximum atomic E-state index is 12.9. The summed E-state index contributed by atoms with van der Waals surface area (Å²) in [7, 11) is -0.0486. The van der Waals surface area contributed by atoms with E-state index >= 15 is 0 Å². The number of rotatable bonds is 6. The van der Waals surface area contributed by atoms with Gasteiger partial charge in [-0.15, -0.1) is 0 Å². The van der Waals surface area contributed by atoms with E-state index in [9.17, 15) is 18.0 Å². The number of alkyl halides is 3. The van der Waals surface area contributed by atoms with Crippen LogP contribution in [0.25, 0.3) is 4.90 Å². The van der Waals surface area contributed by atoms with E-state index in [-0.39, 0.29) is 17.1 Å². The van der Waals surface area contributed by atoms with Crippen molar-refractivity contribution < 1.29 is 27.4 Å². The monoisotopic (exact) mass is 475 g/mol. The molecule has 0 spiro atoms. The lowest BCUT2D eigenvalue weighted by Gasteiger charge is -2.30. The van der Waals surface area contributed by atoms with E-state index < -0.39 is 23.3 Å². The van der Waals surface area contributed by atoms with Crippen molar-refractivity contribution in [3.05, 3.63) is 81.5 Å². The molecule has 0 radical (unpaired) electrons. The fourth-order valence-corrected chi connectivity index (χ4v) is 6.02. The Bertz CT molecular complexity index is 1090. The van der Waals surface area contributed by atoms with Gasteiger partial charge in [-0.3, -0.25) is 0 Å². The largest absolute Gasteiger partial charge is 0.481 e. The molecule has 0 saturated heterocycles. The molecule has 1 aliphatic rings. The van der Waals surface area contributed by atoms with Gasteiger partial charge in [-0.25, -0.2) is 4.79 Å². The van der Waals surface area contributed by atoms with Crippen LogP contribution in [0.2, 0.25) is 0 Å². The average Bonchev–Trinajstić information content (AvgIpc) is 3.45. The van der Waals surface area contributed by atoms with Crippen molar-refractivity contribution in [3.8, 4) is 10.6 Å². The molecule has 1 saturated carbocycles. The summed E-state index contributed by atoms with van der Waals surface area (Å²) in [6, 6.07) is 13.1. The SMILES string of the molecule is Cc1cc(-[s+]2cccc2)cc(C)c1OCC(=O)OC1(c2ccc(C(F)(F)F)cc2)CCCC1. The molecule has 1 aliphatic carbocycles. The quantitative estimate of drug-likeness (QED) is 0.274. The molecule has 4 rings (SSSR count). The standard InChI is InChI=1S/C26H26F3O3S/c1-18-15-22(33-13-5-6-14-33)16-19(2)24(18)31-17-23(30)32-25(11-3-4-12-25)20-7-9-21(10-8-20)26(27,28)29/h5-10,13-16H,3-4,11-12,17H2,1-2H3/q+1. The van der Waals surface area contributed by atoms with Crippen molar-refractivity contribution in [1.29, 1.82) is 0 Å². The highest BCUT2D eigenvalue weighted by atomic mass is 32.2. The van der Waals surface area contributed by atoms with Crippen LogP contribution in [-0.4, -0.2) is 12.6 Å². The second-order valence-electron chi connectivity index (χ2n) is 8.45. The minimum absolute atomic E-state index is 0.0486. The van der Waals surface area contributed by atoms with Gasteiger partial charge in [-0.1, -0.05) is 12.1 Å². The zero-order valence-electron chi connectivity index (χ0n) is 18.6. The Morgan fingerprint density at radius 3 is 2.12 bits per heavy atom. The predicted octanol–water partition coefficient (Wildman–Crippen LogP) is 7.45. The van der Waals surface area contributed by atoms with E-state index in [0.717, 1.165) is 36.1 Å². The Labute approximate surface area is 194 Å². The zero-order chi connectivity index (χ0) is 23.6. The van der Waals surface area contributed by atoms with Crippen LogP contribution in [0.4, 0.5) is 13.2 Å². The molecule has 7 heteroatoms.